The monoisotopic (exact) mass is 240 g/mol. The second kappa shape index (κ2) is 5.30. The van der Waals surface area contributed by atoms with Crippen molar-refractivity contribution in [2.75, 3.05) is 38.6 Å². The zero-order chi connectivity index (χ0) is 10.6. The van der Waals surface area contributed by atoms with Crippen molar-refractivity contribution in [1.82, 2.24) is 9.80 Å². The lowest BCUT2D eigenvalue weighted by atomic mass is 10.4. The Kier molecular flexibility index (Phi) is 4.63. The van der Waals surface area contributed by atoms with Crippen LogP contribution in [-0.2, 0) is 9.05 Å². The van der Waals surface area contributed by atoms with Gasteiger partial charge in [-0.15, -0.1) is 0 Å². The van der Waals surface area contributed by atoms with Gasteiger partial charge >= 0.3 is 0 Å². The van der Waals surface area contributed by atoms with Crippen LogP contribution in [0.5, 0.6) is 0 Å². The minimum atomic E-state index is -3.30. The predicted octanol–water partition coefficient (Wildman–Crippen LogP) is 0.540. The van der Waals surface area contributed by atoms with Crippen LogP contribution in [0.1, 0.15) is 13.3 Å². The molecule has 0 atom stereocenters. The number of hydrogen-bond donors (Lipinski definition) is 0. The zero-order valence-electron chi connectivity index (χ0n) is 8.45. The van der Waals surface area contributed by atoms with Gasteiger partial charge in [-0.3, -0.25) is 9.80 Å². The minimum absolute atomic E-state index is 0.0805. The third-order valence-corrected chi connectivity index (χ3v) is 3.68. The van der Waals surface area contributed by atoms with Crippen molar-refractivity contribution in [2.45, 2.75) is 13.3 Å². The van der Waals surface area contributed by atoms with Crippen LogP contribution in [0.3, 0.4) is 0 Å². The smallest absolute Gasteiger partial charge is 0.232 e. The van der Waals surface area contributed by atoms with Crippen molar-refractivity contribution in [3.05, 3.63) is 0 Å². The molecule has 84 valence electrons. The van der Waals surface area contributed by atoms with Gasteiger partial charge in [0.05, 0.1) is 12.4 Å². The fourth-order valence-electron chi connectivity index (χ4n) is 1.61. The second-order valence-electron chi connectivity index (χ2n) is 3.57. The van der Waals surface area contributed by atoms with Crippen molar-refractivity contribution in [1.29, 1.82) is 0 Å². The molecule has 1 saturated heterocycles. The molecule has 0 aliphatic carbocycles. The van der Waals surface area contributed by atoms with Gasteiger partial charge in [-0.25, -0.2) is 8.42 Å². The summed E-state index contributed by atoms with van der Waals surface area (Å²) < 4.78 is 21.3. The van der Waals surface area contributed by atoms with E-state index in [1.807, 2.05) is 0 Å². The second-order valence-corrected chi connectivity index (χ2v) is 6.46. The molecule has 0 spiro atoms. The summed E-state index contributed by atoms with van der Waals surface area (Å²) in [5.41, 5.74) is 0. The van der Waals surface area contributed by atoms with Crippen LogP contribution in [0.25, 0.3) is 0 Å². The Morgan fingerprint density at radius 2 is 1.93 bits per heavy atom. The van der Waals surface area contributed by atoms with Crippen LogP contribution < -0.4 is 0 Å². The summed E-state index contributed by atoms with van der Waals surface area (Å²) in [6, 6.07) is 0. The Balaban J connectivity index is 2.15. The van der Waals surface area contributed by atoms with Crippen LogP contribution in [0, 0.1) is 0 Å². The molecule has 14 heavy (non-hydrogen) atoms. The molecule has 0 N–H and O–H groups in total. The van der Waals surface area contributed by atoms with Gasteiger partial charge in [0.2, 0.25) is 9.05 Å². The van der Waals surface area contributed by atoms with Gasteiger partial charge in [0.15, 0.2) is 0 Å². The fraction of sp³-hybridized carbons (Fsp3) is 1.00. The van der Waals surface area contributed by atoms with Gasteiger partial charge in [-0.1, -0.05) is 6.92 Å². The van der Waals surface area contributed by atoms with Gasteiger partial charge in [-0.05, 0) is 13.0 Å². The zero-order valence-corrected chi connectivity index (χ0v) is 10.0. The Morgan fingerprint density at radius 1 is 1.29 bits per heavy atom. The molecule has 1 aliphatic heterocycles. The van der Waals surface area contributed by atoms with Crippen molar-refractivity contribution in [3.8, 4) is 0 Å². The van der Waals surface area contributed by atoms with Crippen LogP contribution in [0.4, 0.5) is 0 Å². The highest BCUT2D eigenvalue weighted by molar-refractivity contribution is 8.13. The van der Waals surface area contributed by atoms with Crippen LogP contribution >= 0.6 is 10.7 Å². The summed E-state index contributed by atoms with van der Waals surface area (Å²) in [5, 5.41) is 0. The minimum Gasteiger partial charge on any atom is -0.289 e. The molecule has 0 saturated carbocycles. The SMILES string of the molecule is CCN1CCN(CCCS(=O)(=O)Cl)C1. The average molecular weight is 241 g/mol. The molecule has 1 fully saturated rings. The summed E-state index contributed by atoms with van der Waals surface area (Å²) in [4.78, 5) is 4.58. The molecule has 0 aromatic rings. The van der Waals surface area contributed by atoms with E-state index in [9.17, 15) is 8.42 Å². The molecular weight excluding hydrogens is 224 g/mol. The maximum absolute atomic E-state index is 10.7. The largest absolute Gasteiger partial charge is 0.289 e. The molecular formula is C8H17ClN2O2S. The Labute approximate surface area is 90.2 Å². The fourth-order valence-corrected chi connectivity index (χ4v) is 2.41. The van der Waals surface area contributed by atoms with Gasteiger partial charge in [0, 0.05) is 30.3 Å². The first-order valence-corrected chi connectivity index (χ1v) is 7.36. The van der Waals surface area contributed by atoms with E-state index in [2.05, 4.69) is 16.7 Å². The number of rotatable bonds is 5. The molecule has 0 aromatic heterocycles. The lowest BCUT2D eigenvalue weighted by Crippen LogP contribution is -2.26. The highest BCUT2D eigenvalue weighted by atomic mass is 35.7. The molecule has 1 rings (SSSR count). The summed E-state index contributed by atoms with van der Waals surface area (Å²) in [7, 11) is 1.81. The Morgan fingerprint density at radius 3 is 2.43 bits per heavy atom. The van der Waals surface area contributed by atoms with E-state index < -0.39 is 9.05 Å². The van der Waals surface area contributed by atoms with E-state index in [1.54, 1.807) is 0 Å². The molecule has 0 aromatic carbocycles. The highest BCUT2D eigenvalue weighted by Crippen LogP contribution is 2.06. The van der Waals surface area contributed by atoms with Crippen LogP contribution in [0.2, 0.25) is 0 Å². The molecule has 0 unspecified atom stereocenters. The first-order valence-electron chi connectivity index (χ1n) is 4.88. The Hall–Kier alpha value is 0.160. The molecule has 6 heteroatoms. The standard InChI is InChI=1S/C8H17ClN2O2S/c1-2-10-5-6-11(8-10)4-3-7-14(9,12)13/h2-8H2,1H3. The van der Waals surface area contributed by atoms with Crippen molar-refractivity contribution in [3.63, 3.8) is 0 Å². The molecule has 0 bridgehead atoms. The summed E-state index contributed by atoms with van der Waals surface area (Å²) in [6.45, 7) is 7.10. The average Bonchev–Trinajstić information content (AvgIpc) is 2.50. The number of halogens is 1. The van der Waals surface area contributed by atoms with E-state index in [0.29, 0.717) is 6.42 Å². The predicted molar refractivity (Wildman–Crippen MR) is 57.9 cm³/mol. The summed E-state index contributed by atoms with van der Waals surface area (Å²) in [5.74, 6) is 0.0805. The molecule has 1 aliphatic rings. The molecule has 0 radical (unpaired) electrons. The highest BCUT2D eigenvalue weighted by Gasteiger charge is 2.18. The van der Waals surface area contributed by atoms with E-state index in [1.165, 1.54) is 0 Å². The van der Waals surface area contributed by atoms with Gasteiger partial charge in [0.25, 0.3) is 0 Å². The van der Waals surface area contributed by atoms with E-state index in [4.69, 9.17) is 10.7 Å². The normalized spacial score (nSPS) is 20.4. The summed E-state index contributed by atoms with van der Waals surface area (Å²) in [6.07, 6.45) is 0.628. The maximum Gasteiger partial charge on any atom is 0.232 e. The number of nitrogens with zero attached hydrogens (tertiary/aromatic N) is 2. The van der Waals surface area contributed by atoms with Crippen LogP contribution in [0.15, 0.2) is 0 Å². The van der Waals surface area contributed by atoms with Gasteiger partial charge < -0.3 is 0 Å². The first kappa shape index (κ1) is 12.2. The number of likely N-dealkylation sites (N-methyl/N-ethyl adjacent to an activating group) is 1. The summed E-state index contributed by atoms with van der Waals surface area (Å²) >= 11 is 0. The third kappa shape index (κ3) is 4.59. The molecule has 1 heterocycles. The topological polar surface area (TPSA) is 40.6 Å². The quantitative estimate of drug-likeness (QED) is 0.658. The molecule has 0 amide bonds. The number of hydrogen-bond acceptors (Lipinski definition) is 4. The lowest BCUT2D eigenvalue weighted by molar-refractivity contribution is 0.254. The maximum atomic E-state index is 10.7. The van der Waals surface area contributed by atoms with Gasteiger partial charge in [-0.2, -0.15) is 0 Å². The molecule has 4 nitrogen and oxygen atoms in total. The third-order valence-electron chi connectivity index (χ3n) is 2.44. The first-order chi connectivity index (χ1) is 6.51. The van der Waals surface area contributed by atoms with Crippen molar-refractivity contribution < 1.29 is 8.42 Å². The Bertz CT molecular complexity index is 269. The van der Waals surface area contributed by atoms with E-state index in [-0.39, 0.29) is 5.75 Å². The van der Waals surface area contributed by atoms with Crippen molar-refractivity contribution >= 4 is 19.7 Å². The van der Waals surface area contributed by atoms with E-state index in [0.717, 1.165) is 32.8 Å². The van der Waals surface area contributed by atoms with Gasteiger partial charge in [0.1, 0.15) is 0 Å². The van der Waals surface area contributed by atoms with E-state index >= 15 is 0 Å². The lowest BCUT2D eigenvalue weighted by Gasteiger charge is -2.15. The van der Waals surface area contributed by atoms with Crippen LogP contribution in [-0.4, -0.2) is 56.8 Å². The van der Waals surface area contributed by atoms with Crippen molar-refractivity contribution in [2.24, 2.45) is 0 Å².